The maximum Gasteiger partial charge on any atom is 0.171 e. The first kappa shape index (κ1) is 11.5. The molecule has 1 aromatic rings. The Kier molecular flexibility index (Phi) is 3.68. The first-order valence-electron chi connectivity index (χ1n) is 4.61. The van der Waals surface area contributed by atoms with E-state index in [4.69, 9.17) is 15.2 Å². The topological polar surface area (TPSA) is 61.5 Å². The lowest BCUT2D eigenvalue weighted by molar-refractivity contribution is 0.112. The van der Waals surface area contributed by atoms with Crippen molar-refractivity contribution in [3.63, 3.8) is 0 Å². The summed E-state index contributed by atoms with van der Waals surface area (Å²) in [5.74, 6) is 0.958. The summed E-state index contributed by atoms with van der Waals surface area (Å²) in [6.07, 6.45) is 0.728. The summed E-state index contributed by atoms with van der Waals surface area (Å²) in [5.41, 5.74) is 7.06. The molecule has 0 aliphatic heterocycles. The molecule has 0 bridgehead atoms. The van der Waals surface area contributed by atoms with E-state index in [-0.39, 0.29) is 6.04 Å². The summed E-state index contributed by atoms with van der Waals surface area (Å²) >= 11 is 0. The molecule has 2 N–H and O–H groups in total. The van der Waals surface area contributed by atoms with E-state index in [9.17, 15) is 4.79 Å². The van der Waals surface area contributed by atoms with Crippen LogP contribution in [0.15, 0.2) is 12.1 Å². The lowest BCUT2D eigenvalue weighted by Gasteiger charge is -2.16. The number of aldehydes is 1. The third-order valence-corrected chi connectivity index (χ3v) is 2.20. The minimum absolute atomic E-state index is 0.172. The summed E-state index contributed by atoms with van der Waals surface area (Å²) in [5, 5.41) is 0. The highest BCUT2D eigenvalue weighted by Crippen LogP contribution is 2.36. The molecule has 1 rings (SSSR count). The fourth-order valence-corrected chi connectivity index (χ4v) is 1.47. The van der Waals surface area contributed by atoms with Crippen LogP contribution >= 0.6 is 0 Å². The molecule has 0 saturated carbocycles. The lowest BCUT2D eigenvalue weighted by Crippen LogP contribution is -2.08. The molecule has 0 saturated heterocycles. The number of benzene rings is 1. The molecule has 0 heterocycles. The molecule has 0 aliphatic carbocycles. The Morgan fingerprint density at radius 3 is 2.27 bits per heavy atom. The maximum absolute atomic E-state index is 10.8. The van der Waals surface area contributed by atoms with E-state index in [0.29, 0.717) is 17.1 Å². The first-order chi connectivity index (χ1) is 7.15. The van der Waals surface area contributed by atoms with E-state index in [1.54, 1.807) is 12.1 Å². The van der Waals surface area contributed by atoms with Crippen molar-refractivity contribution in [3.8, 4) is 11.5 Å². The second-order valence-electron chi connectivity index (χ2n) is 3.22. The Balaban J connectivity index is 3.40. The van der Waals surface area contributed by atoms with Crippen LogP contribution in [0.3, 0.4) is 0 Å². The number of rotatable bonds is 4. The van der Waals surface area contributed by atoms with E-state index in [0.717, 1.165) is 11.8 Å². The van der Waals surface area contributed by atoms with E-state index < -0.39 is 0 Å². The van der Waals surface area contributed by atoms with Crippen LogP contribution in [-0.4, -0.2) is 20.5 Å². The average molecular weight is 209 g/mol. The molecule has 1 unspecified atom stereocenters. The normalized spacial score (nSPS) is 12.0. The molecule has 0 radical (unpaired) electrons. The minimum atomic E-state index is -0.172. The van der Waals surface area contributed by atoms with E-state index in [1.165, 1.54) is 14.2 Å². The summed E-state index contributed by atoms with van der Waals surface area (Å²) in [6, 6.07) is 3.28. The van der Waals surface area contributed by atoms with Crippen molar-refractivity contribution in [2.45, 2.75) is 13.0 Å². The highest BCUT2D eigenvalue weighted by molar-refractivity contribution is 5.82. The predicted octanol–water partition coefficient (Wildman–Crippen LogP) is 1.54. The number of ether oxygens (including phenoxy) is 2. The van der Waals surface area contributed by atoms with Crippen molar-refractivity contribution in [1.82, 2.24) is 0 Å². The van der Waals surface area contributed by atoms with Gasteiger partial charge in [0.2, 0.25) is 0 Å². The van der Waals surface area contributed by atoms with Gasteiger partial charge in [-0.05, 0) is 13.0 Å². The quantitative estimate of drug-likeness (QED) is 0.764. The zero-order valence-electron chi connectivity index (χ0n) is 9.11. The predicted molar refractivity (Wildman–Crippen MR) is 57.5 cm³/mol. The second-order valence-corrected chi connectivity index (χ2v) is 3.22. The lowest BCUT2D eigenvalue weighted by atomic mass is 10.0. The third-order valence-electron chi connectivity index (χ3n) is 2.20. The van der Waals surface area contributed by atoms with Crippen molar-refractivity contribution in [2.24, 2.45) is 5.73 Å². The highest BCUT2D eigenvalue weighted by Gasteiger charge is 2.16. The number of carbonyl (C=O) groups excluding carboxylic acids is 1. The first-order valence-corrected chi connectivity index (χ1v) is 4.61. The molecule has 1 aromatic carbocycles. The van der Waals surface area contributed by atoms with Crippen LogP contribution < -0.4 is 15.2 Å². The van der Waals surface area contributed by atoms with Gasteiger partial charge in [-0.3, -0.25) is 4.79 Å². The van der Waals surface area contributed by atoms with Crippen LogP contribution in [0, 0.1) is 0 Å². The molecular weight excluding hydrogens is 194 g/mol. The van der Waals surface area contributed by atoms with Gasteiger partial charge in [0.05, 0.1) is 19.8 Å². The Bertz CT molecular complexity index is 361. The Morgan fingerprint density at radius 2 is 1.87 bits per heavy atom. The van der Waals surface area contributed by atoms with Crippen molar-refractivity contribution in [1.29, 1.82) is 0 Å². The second kappa shape index (κ2) is 4.79. The van der Waals surface area contributed by atoms with Crippen LogP contribution in [0.4, 0.5) is 0 Å². The Hall–Kier alpha value is -1.55. The zero-order chi connectivity index (χ0) is 11.4. The zero-order valence-corrected chi connectivity index (χ0v) is 9.11. The van der Waals surface area contributed by atoms with Gasteiger partial charge in [0.15, 0.2) is 17.8 Å². The van der Waals surface area contributed by atoms with Gasteiger partial charge in [-0.1, -0.05) is 6.07 Å². The van der Waals surface area contributed by atoms with Crippen LogP contribution in [0.1, 0.15) is 28.9 Å². The SMILES string of the molecule is COc1c(C=O)ccc(C(C)N)c1OC. The molecule has 4 nitrogen and oxygen atoms in total. The number of carbonyl (C=O) groups is 1. The van der Waals surface area contributed by atoms with Gasteiger partial charge in [0.25, 0.3) is 0 Å². The summed E-state index contributed by atoms with van der Waals surface area (Å²) in [7, 11) is 3.02. The van der Waals surface area contributed by atoms with E-state index in [1.807, 2.05) is 6.92 Å². The van der Waals surface area contributed by atoms with Crippen molar-refractivity contribution >= 4 is 6.29 Å². The number of methoxy groups -OCH3 is 2. The summed E-state index contributed by atoms with van der Waals surface area (Å²) in [6.45, 7) is 1.85. The number of hydrogen-bond donors (Lipinski definition) is 1. The monoisotopic (exact) mass is 209 g/mol. The third kappa shape index (κ3) is 2.10. The van der Waals surface area contributed by atoms with Crippen LogP contribution in [0.25, 0.3) is 0 Å². The number of nitrogens with two attached hydrogens (primary N) is 1. The summed E-state index contributed by atoms with van der Waals surface area (Å²) in [4.78, 5) is 10.8. The van der Waals surface area contributed by atoms with Gasteiger partial charge in [-0.25, -0.2) is 0 Å². The van der Waals surface area contributed by atoms with Crippen LogP contribution in [0.2, 0.25) is 0 Å². The van der Waals surface area contributed by atoms with Crippen molar-refractivity contribution < 1.29 is 14.3 Å². The Labute approximate surface area is 89.0 Å². The van der Waals surface area contributed by atoms with Gasteiger partial charge < -0.3 is 15.2 Å². The average Bonchev–Trinajstić information content (AvgIpc) is 2.26. The van der Waals surface area contributed by atoms with Crippen LogP contribution in [-0.2, 0) is 0 Å². The molecule has 82 valence electrons. The van der Waals surface area contributed by atoms with Gasteiger partial charge in [-0.2, -0.15) is 0 Å². The standard InChI is InChI=1S/C11H15NO3/c1-7(12)9-5-4-8(6-13)10(14-2)11(9)15-3/h4-7H,12H2,1-3H3. The minimum Gasteiger partial charge on any atom is -0.492 e. The molecule has 0 aliphatic rings. The van der Waals surface area contributed by atoms with E-state index in [2.05, 4.69) is 0 Å². The highest BCUT2D eigenvalue weighted by atomic mass is 16.5. The molecule has 0 amide bonds. The molecule has 15 heavy (non-hydrogen) atoms. The fourth-order valence-electron chi connectivity index (χ4n) is 1.47. The molecule has 0 fully saturated rings. The molecule has 0 spiro atoms. The van der Waals surface area contributed by atoms with Crippen molar-refractivity contribution in [3.05, 3.63) is 23.3 Å². The van der Waals surface area contributed by atoms with Crippen LogP contribution in [0.5, 0.6) is 11.5 Å². The molecule has 0 aromatic heterocycles. The molecular formula is C11H15NO3. The van der Waals surface area contributed by atoms with Gasteiger partial charge in [-0.15, -0.1) is 0 Å². The van der Waals surface area contributed by atoms with Gasteiger partial charge >= 0.3 is 0 Å². The Morgan fingerprint density at radius 1 is 1.27 bits per heavy atom. The van der Waals surface area contributed by atoms with Crippen molar-refractivity contribution in [2.75, 3.05) is 14.2 Å². The maximum atomic E-state index is 10.8. The molecule has 4 heteroatoms. The van der Waals surface area contributed by atoms with E-state index >= 15 is 0 Å². The van der Waals surface area contributed by atoms with Gasteiger partial charge in [0, 0.05) is 11.6 Å². The molecule has 1 atom stereocenters. The number of hydrogen-bond acceptors (Lipinski definition) is 4. The summed E-state index contributed by atoms with van der Waals surface area (Å²) < 4.78 is 10.3. The largest absolute Gasteiger partial charge is 0.492 e. The smallest absolute Gasteiger partial charge is 0.171 e. The van der Waals surface area contributed by atoms with Gasteiger partial charge in [0.1, 0.15) is 0 Å². The fraction of sp³-hybridized carbons (Fsp3) is 0.364.